The number of fused-ring (bicyclic) bond motifs is 1. The summed E-state index contributed by atoms with van der Waals surface area (Å²) in [6, 6.07) is 4.44. The molecule has 0 aromatic carbocycles. The largest absolute Gasteiger partial charge is 0.434 e. The number of carbonyl (C=O) groups excluding carboxylic acids is 1. The molecule has 13 heteroatoms. The summed E-state index contributed by atoms with van der Waals surface area (Å²) in [7, 11) is 0. The molecule has 178 valence electrons. The van der Waals surface area contributed by atoms with Crippen molar-refractivity contribution in [3.05, 3.63) is 47.8 Å². The van der Waals surface area contributed by atoms with E-state index in [1.165, 1.54) is 10.5 Å². The van der Waals surface area contributed by atoms with Gasteiger partial charge in [0, 0.05) is 24.5 Å². The predicted octanol–water partition coefficient (Wildman–Crippen LogP) is 4.11. The van der Waals surface area contributed by atoms with Gasteiger partial charge < -0.3 is 10.6 Å². The molecule has 7 nitrogen and oxygen atoms in total. The van der Waals surface area contributed by atoms with Gasteiger partial charge in [0.15, 0.2) is 5.69 Å². The van der Waals surface area contributed by atoms with Crippen molar-refractivity contribution in [3.8, 4) is 0 Å². The maximum Gasteiger partial charge on any atom is 0.434 e. The number of pyridine rings is 1. The number of hydrogen-bond donors (Lipinski definition) is 2. The van der Waals surface area contributed by atoms with E-state index < -0.39 is 42.3 Å². The molecule has 0 radical (unpaired) electrons. The molecule has 1 aliphatic rings. The number of rotatable bonds is 6. The quantitative estimate of drug-likeness (QED) is 0.528. The first-order valence-corrected chi connectivity index (χ1v) is 10.2. The molecule has 1 amide bonds. The number of amides is 1. The lowest BCUT2D eigenvalue weighted by Gasteiger charge is -2.30. The Morgan fingerprint density at radius 2 is 1.82 bits per heavy atom. The number of hydrogen-bond acceptors (Lipinski definition) is 4. The molecule has 33 heavy (non-hydrogen) atoms. The number of aromatic nitrogens is 4. The predicted molar refractivity (Wildman–Crippen MR) is 106 cm³/mol. The molecule has 4 rings (SSSR count). The van der Waals surface area contributed by atoms with Gasteiger partial charge in [0.25, 0.3) is 12.3 Å². The van der Waals surface area contributed by atoms with Crippen LogP contribution < -0.4 is 10.6 Å². The standard InChI is InChI=1S/C20H20F6N6O/c21-15(22)10-31-8-13(18(23)30-31)19(33)28-12-6-4-11(5-7-12)27-16-2-1-3-17-29-14(9-32(16)17)20(24,25)26/h1-3,8-9,11-12,15,27H,4-7,10H2,(H,28,33). The normalized spacial score (nSPS) is 19.2. The summed E-state index contributed by atoms with van der Waals surface area (Å²) in [6.07, 6.45) is -3.08. The van der Waals surface area contributed by atoms with Gasteiger partial charge in [-0.15, -0.1) is 5.10 Å². The Hall–Kier alpha value is -3.25. The molecular formula is C20H20F6N6O. The third kappa shape index (κ3) is 5.22. The number of nitrogens with one attached hydrogen (secondary N) is 2. The van der Waals surface area contributed by atoms with Crippen molar-refractivity contribution in [2.75, 3.05) is 5.32 Å². The molecule has 0 bridgehead atoms. The fourth-order valence-corrected chi connectivity index (χ4v) is 3.90. The summed E-state index contributed by atoms with van der Waals surface area (Å²) in [5.41, 5.74) is -1.21. The number of anilines is 1. The summed E-state index contributed by atoms with van der Waals surface area (Å²) in [4.78, 5) is 15.9. The average molecular weight is 474 g/mol. The minimum absolute atomic E-state index is 0.0500. The van der Waals surface area contributed by atoms with E-state index in [1.807, 2.05) is 0 Å². The second-order valence-corrected chi connectivity index (χ2v) is 7.88. The van der Waals surface area contributed by atoms with Crippen molar-refractivity contribution < 1.29 is 31.1 Å². The molecule has 0 atom stereocenters. The average Bonchev–Trinajstić information content (AvgIpc) is 3.33. The van der Waals surface area contributed by atoms with Gasteiger partial charge in [-0.05, 0) is 37.8 Å². The SMILES string of the molecule is O=C(NC1CCC(Nc2cccc3nc(C(F)(F)F)cn23)CC1)c1cn(CC(F)F)nc1F. The van der Waals surface area contributed by atoms with E-state index in [1.54, 1.807) is 12.1 Å². The number of carbonyl (C=O) groups is 1. The maximum atomic E-state index is 13.8. The summed E-state index contributed by atoms with van der Waals surface area (Å²) in [5, 5.41) is 9.20. The minimum atomic E-state index is -4.55. The number of nitrogens with zero attached hydrogens (tertiary/aromatic N) is 4. The molecule has 3 aromatic heterocycles. The molecule has 0 saturated heterocycles. The smallest absolute Gasteiger partial charge is 0.368 e. The van der Waals surface area contributed by atoms with Gasteiger partial charge in [0.05, 0.1) is 0 Å². The highest BCUT2D eigenvalue weighted by Crippen LogP contribution is 2.30. The van der Waals surface area contributed by atoms with E-state index in [2.05, 4.69) is 20.7 Å². The van der Waals surface area contributed by atoms with Crippen LogP contribution in [0.15, 0.2) is 30.6 Å². The van der Waals surface area contributed by atoms with E-state index in [9.17, 15) is 31.1 Å². The zero-order valence-electron chi connectivity index (χ0n) is 17.1. The molecule has 1 saturated carbocycles. The number of imidazole rings is 1. The van der Waals surface area contributed by atoms with Crippen LogP contribution in [0, 0.1) is 5.95 Å². The fourth-order valence-electron chi connectivity index (χ4n) is 3.90. The lowest BCUT2D eigenvalue weighted by Crippen LogP contribution is -2.40. The van der Waals surface area contributed by atoms with Crippen LogP contribution in [0.25, 0.3) is 5.65 Å². The van der Waals surface area contributed by atoms with Gasteiger partial charge in [-0.3, -0.25) is 13.9 Å². The van der Waals surface area contributed by atoms with Crippen LogP contribution in [0.1, 0.15) is 41.7 Å². The van der Waals surface area contributed by atoms with Gasteiger partial charge in [0.2, 0.25) is 5.95 Å². The third-order valence-corrected chi connectivity index (χ3v) is 5.48. The number of halogens is 6. The van der Waals surface area contributed by atoms with E-state index >= 15 is 0 Å². The molecule has 0 spiro atoms. The monoisotopic (exact) mass is 474 g/mol. The van der Waals surface area contributed by atoms with Crippen LogP contribution in [-0.2, 0) is 12.7 Å². The minimum Gasteiger partial charge on any atom is -0.368 e. The van der Waals surface area contributed by atoms with Crippen molar-refractivity contribution in [2.45, 2.75) is 56.9 Å². The van der Waals surface area contributed by atoms with Crippen LogP contribution >= 0.6 is 0 Å². The molecular weight excluding hydrogens is 454 g/mol. The molecule has 1 aliphatic carbocycles. The van der Waals surface area contributed by atoms with Gasteiger partial charge in [-0.1, -0.05) is 6.07 Å². The molecule has 3 aromatic rings. The Morgan fingerprint density at radius 1 is 1.12 bits per heavy atom. The van der Waals surface area contributed by atoms with Crippen molar-refractivity contribution in [1.82, 2.24) is 24.5 Å². The number of alkyl halides is 5. The molecule has 0 unspecified atom stereocenters. The summed E-state index contributed by atoms with van der Waals surface area (Å²) in [6.45, 7) is -0.810. The molecule has 0 aliphatic heterocycles. The first-order valence-electron chi connectivity index (χ1n) is 10.2. The molecule has 3 heterocycles. The van der Waals surface area contributed by atoms with E-state index in [-0.39, 0.29) is 17.7 Å². The van der Waals surface area contributed by atoms with Crippen LogP contribution in [-0.4, -0.2) is 43.6 Å². The summed E-state index contributed by atoms with van der Waals surface area (Å²) < 4.78 is 79.7. The third-order valence-electron chi connectivity index (χ3n) is 5.48. The van der Waals surface area contributed by atoms with E-state index in [4.69, 9.17) is 0 Å². The zero-order valence-corrected chi connectivity index (χ0v) is 17.1. The van der Waals surface area contributed by atoms with Gasteiger partial charge in [-0.25, -0.2) is 13.8 Å². The highest BCUT2D eigenvalue weighted by molar-refractivity contribution is 5.94. The second kappa shape index (κ2) is 8.94. The van der Waals surface area contributed by atoms with Gasteiger partial charge >= 0.3 is 6.18 Å². The van der Waals surface area contributed by atoms with Gasteiger partial charge in [0.1, 0.15) is 23.6 Å². The Labute approximate surface area is 183 Å². The maximum absolute atomic E-state index is 13.8. The first kappa shape index (κ1) is 22.9. The molecule has 2 N–H and O–H groups in total. The topological polar surface area (TPSA) is 76.2 Å². The van der Waals surface area contributed by atoms with E-state index in [0.717, 1.165) is 12.4 Å². The fraction of sp³-hybridized carbons (Fsp3) is 0.450. The Balaban J connectivity index is 1.35. The van der Waals surface area contributed by atoms with Crippen molar-refractivity contribution in [3.63, 3.8) is 0 Å². The highest BCUT2D eigenvalue weighted by atomic mass is 19.4. The van der Waals surface area contributed by atoms with Crippen LogP contribution in [0.5, 0.6) is 0 Å². The highest BCUT2D eigenvalue weighted by Gasteiger charge is 2.34. The van der Waals surface area contributed by atoms with Crippen molar-refractivity contribution in [2.24, 2.45) is 0 Å². The lowest BCUT2D eigenvalue weighted by atomic mass is 9.91. The van der Waals surface area contributed by atoms with Gasteiger partial charge in [-0.2, -0.15) is 17.6 Å². The molecule has 1 fully saturated rings. The summed E-state index contributed by atoms with van der Waals surface area (Å²) >= 11 is 0. The Bertz CT molecular complexity index is 1130. The Kier molecular flexibility index (Phi) is 6.21. The van der Waals surface area contributed by atoms with Crippen LogP contribution in [0.3, 0.4) is 0 Å². The lowest BCUT2D eigenvalue weighted by molar-refractivity contribution is -0.140. The van der Waals surface area contributed by atoms with E-state index in [0.29, 0.717) is 36.2 Å². The van der Waals surface area contributed by atoms with Crippen LogP contribution in [0.4, 0.5) is 32.2 Å². The van der Waals surface area contributed by atoms with Crippen molar-refractivity contribution in [1.29, 1.82) is 0 Å². The zero-order chi connectivity index (χ0) is 23.8. The summed E-state index contributed by atoms with van der Waals surface area (Å²) in [5.74, 6) is -1.38. The second-order valence-electron chi connectivity index (χ2n) is 7.88. The van der Waals surface area contributed by atoms with Crippen LogP contribution in [0.2, 0.25) is 0 Å². The van der Waals surface area contributed by atoms with Crippen molar-refractivity contribution >= 4 is 17.4 Å². The Morgan fingerprint density at radius 3 is 2.48 bits per heavy atom. The first-order chi connectivity index (χ1) is 15.6.